The van der Waals surface area contributed by atoms with E-state index in [0.717, 1.165) is 0 Å². The van der Waals surface area contributed by atoms with Crippen LogP contribution in [-0.4, -0.2) is 4.43 Å². The third-order valence-corrected chi connectivity index (χ3v) is 3.41. The summed E-state index contributed by atoms with van der Waals surface area (Å²) in [7, 11) is 0. The number of halogens is 2. The average Bonchev–Trinajstić information content (AvgIpc) is 2.06. The first-order valence-electron chi connectivity index (χ1n) is 4.00. The minimum absolute atomic E-state index is 0.523. The number of aryl methyl sites for hydroxylation is 1. The molecule has 0 amide bonds. The normalized spacial score (nSPS) is 12.9. The predicted molar refractivity (Wildman–Crippen MR) is 66.4 cm³/mol. The molecule has 2 heteroatoms. The third-order valence-electron chi connectivity index (χ3n) is 1.80. The second kappa shape index (κ2) is 5.22. The van der Waals surface area contributed by atoms with Crippen molar-refractivity contribution in [2.75, 3.05) is 4.43 Å². The van der Waals surface area contributed by atoms with Gasteiger partial charge >= 0.3 is 0 Å². The van der Waals surface area contributed by atoms with E-state index in [4.69, 9.17) is 0 Å². The maximum atomic E-state index is 3.67. The fraction of sp³-hybridized carbons (Fsp3) is 0.400. The lowest BCUT2D eigenvalue weighted by Gasteiger charge is -2.07. The largest absolute Gasteiger partial charge is 0.0863 e. The van der Waals surface area contributed by atoms with Crippen molar-refractivity contribution < 1.29 is 0 Å². The van der Waals surface area contributed by atoms with Gasteiger partial charge in [-0.3, -0.25) is 0 Å². The molecular weight excluding hydrogens is 327 g/mol. The second-order valence-electron chi connectivity index (χ2n) is 2.86. The van der Waals surface area contributed by atoms with E-state index >= 15 is 0 Å². The molecule has 66 valence electrons. The van der Waals surface area contributed by atoms with Gasteiger partial charge in [-0.15, -0.1) is 0 Å². The summed E-state index contributed by atoms with van der Waals surface area (Å²) in [5.41, 5.74) is 2.71. The van der Waals surface area contributed by atoms with Crippen molar-refractivity contribution in [1.29, 1.82) is 0 Å². The molecule has 1 aromatic carbocycles. The van der Waals surface area contributed by atoms with Crippen LogP contribution in [0.3, 0.4) is 0 Å². The molecule has 1 atom stereocenters. The molecule has 1 unspecified atom stereocenters. The molecule has 0 aliphatic carbocycles. The summed E-state index contributed by atoms with van der Waals surface area (Å²) in [4.78, 5) is 0.523. The van der Waals surface area contributed by atoms with Gasteiger partial charge < -0.3 is 0 Å². The molecule has 0 radical (unpaired) electrons. The van der Waals surface area contributed by atoms with Gasteiger partial charge in [0.1, 0.15) is 0 Å². The summed E-state index contributed by atoms with van der Waals surface area (Å²) < 4.78 is 1.20. The molecule has 0 fully saturated rings. The highest BCUT2D eigenvalue weighted by atomic mass is 127. The van der Waals surface area contributed by atoms with Gasteiger partial charge in [-0.2, -0.15) is 0 Å². The van der Waals surface area contributed by atoms with Crippen LogP contribution >= 0.6 is 38.5 Å². The Morgan fingerprint density at radius 2 is 1.92 bits per heavy atom. The van der Waals surface area contributed by atoms with Gasteiger partial charge in [-0.1, -0.05) is 68.3 Å². The van der Waals surface area contributed by atoms with Gasteiger partial charge in [0.2, 0.25) is 0 Å². The third kappa shape index (κ3) is 3.05. The Morgan fingerprint density at radius 1 is 1.33 bits per heavy atom. The standard InChI is InChI=1S/C10H12BrI/c1-8-2-4-9(5-3-8)10(11)6-7-12/h2-5,10H,6-7H2,1H3. The predicted octanol–water partition coefficient (Wildman–Crippen LogP) is 4.26. The highest BCUT2D eigenvalue weighted by molar-refractivity contribution is 14.1. The van der Waals surface area contributed by atoms with Crippen LogP contribution in [-0.2, 0) is 0 Å². The fourth-order valence-electron chi connectivity index (χ4n) is 1.04. The van der Waals surface area contributed by atoms with Crippen molar-refractivity contribution in [1.82, 2.24) is 0 Å². The van der Waals surface area contributed by atoms with Crippen LogP contribution in [0.2, 0.25) is 0 Å². The van der Waals surface area contributed by atoms with E-state index in [1.807, 2.05) is 0 Å². The molecular formula is C10H12BrI. The van der Waals surface area contributed by atoms with Gasteiger partial charge in [-0.05, 0) is 18.9 Å². The molecule has 0 bridgehead atoms. The maximum absolute atomic E-state index is 3.67. The smallest absolute Gasteiger partial charge is 0.0402 e. The molecule has 0 saturated carbocycles. The van der Waals surface area contributed by atoms with E-state index in [2.05, 4.69) is 69.7 Å². The summed E-state index contributed by atoms with van der Waals surface area (Å²) >= 11 is 6.07. The monoisotopic (exact) mass is 338 g/mol. The van der Waals surface area contributed by atoms with Crippen molar-refractivity contribution >= 4 is 38.5 Å². The van der Waals surface area contributed by atoms with Crippen molar-refractivity contribution in [3.63, 3.8) is 0 Å². The van der Waals surface area contributed by atoms with Crippen LogP contribution in [0.4, 0.5) is 0 Å². The number of rotatable bonds is 3. The van der Waals surface area contributed by atoms with Crippen molar-refractivity contribution in [2.24, 2.45) is 0 Å². The van der Waals surface area contributed by atoms with E-state index in [1.165, 1.54) is 22.0 Å². The fourth-order valence-corrected chi connectivity index (χ4v) is 3.05. The van der Waals surface area contributed by atoms with Crippen molar-refractivity contribution in [3.8, 4) is 0 Å². The number of hydrogen-bond donors (Lipinski definition) is 0. The SMILES string of the molecule is Cc1ccc(C(Br)CCI)cc1. The van der Waals surface area contributed by atoms with E-state index < -0.39 is 0 Å². The molecule has 12 heavy (non-hydrogen) atoms. The molecule has 0 aliphatic rings. The van der Waals surface area contributed by atoms with Gasteiger partial charge in [0.15, 0.2) is 0 Å². The lowest BCUT2D eigenvalue weighted by Crippen LogP contribution is -1.90. The van der Waals surface area contributed by atoms with Crippen LogP contribution in [0.25, 0.3) is 0 Å². The highest BCUT2D eigenvalue weighted by Gasteiger charge is 2.04. The number of hydrogen-bond acceptors (Lipinski definition) is 0. The summed E-state index contributed by atoms with van der Waals surface area (Å²) in [6.07, 6.45) is 1.20. The molecule has 0 heterocycles. The van der Waals surface area contributed by atoms with E-state index in [-0.39, 0.29) is 0 Å². The number of benzene rings is 1. The Hall–Kier alpha value is 0.430. The van der Waals surface area contributed by atoms with E-state index in [0.29, 0.717) is 4.83 Å². The van der Waals surface area contributed by atoms with Gasteiger partial charge in [-0.25, -0.2) is 0 Å². The Labute approximate surface area is 96.0 Å². The maximum Gasteiger partial charge on any atom is 0.0402 e. The van der Waals surface area contributed by atoms with Crippen LogP contribution in [0.5, 0.6) is 0 Å². The first kappa shape index (κ1) is 10.5. The van der Waals surface area contributed by atoms with Crippen molar-refractivity contribution in [3.05, 3.63) is 35.4 Å². The lowest BCUT2D eigenvalue weighted by atomic mass is 10.1. The van der Waals surface area contributed by atoms with Gasteiger partial charge in [0.25, 0.3) is 0 Å². The van der Waals surface area contributed by atoms with Crippen LogP contribution in [0.15, 0.2) is 24.3 Å². The van der Waals surface area contributed by atoms with Crippen LogP contribution < -0.4 is 0 Å². The molecule has 0 aromatic heterocycles. The highest BCUT2D eigenvalue weighted by Crippen LogP contribution is 2.26. The lowest BCUT2D eigenvalue weighted by molar-refractivity contribution is 0.934. The van der Waals surface area contributed by atoms with Crippen molar-refractivity contribution in [2.45, 2.75) is 18.2 Å². The minimum Gasteiger partial charge on any atom is -0.0863 e. The molecule has 0 aliphatic heterocycles. The number of alkyl halides is 2. The summed E-state index contributed by atoms with van der Waals surface area (Å²) in [6, 6.07) is 8.72. The summed E-state index contributed by atoms with van der Waals surface area (Å²) in [5, 5.41) is 0. The Kier molecular flexibility index (Phi) is 4.57. The van der Waals surface area contributed by atoms with E-state index in [1.54, 1.807) is 0 Å². The Balaban J connectivity index is 2.68. The molecule has 0 nitrogen and oxygen atoms in total. The summed E-state index contributed by atoms with van der Waals surface area (Å²) in [6.45, 7) is 2.12. The quantitative estimate of drug-likeness (QED) is 0.570. The average molecular weight is 339 g/mol. The topological polar surface area (TPSA) is 0 Å². The molecule has 0 N–H and O–H groups in total. The Morgan fingerprint density at radius 3 is 2.42 bits per heavy atom. The Bertz CT molecular complexity index is 230. The first-order chi connectivity index (χ1) is 5.74. The summed E-state index contributed by atoms with van der Waals surface area (Å²) in [5.74, 6) is 0. The molecule has 0 spiro atoms. The minimum atomic E-state index is 0.523. The first-order valence-corrected chi connectivity index (χ1v) is 6.45. The van der Waals surface area contributed by atoms with Crippen LogP contribution in [0, 0.1) is 6.92 Å². The molecule has 1 rings (SSSR count). The van der Waals surface area contributed by atoms with Gasteiger partial charge in [0.05, 0.1) is 0 Å². The zero-order valence-corrected chi connectivity index (χ0v) is 10.8. The zero-order chi connectivity index (χ0) is 8.97. The zero-order valence-electron chi connectivity index (χ0n) is 7.06. The van der Waals surface area contributed by atoms with E-state index in [9.17, 15) is 0 Å². The molecule has 1 aromatic rings. The van der Waals surface area contributed by atoms with Crippen LogP contribution in [0.1, 0.15) is 22.4 Å². The molecule has 0 saturated heterocycles. The van der Waals surface area contributed by atoms with Gasteiger partial charge in [0, 0.05) is 9.25 Å². The second-order valence-corrected chi connectivity index (χ2v) is 5.04.